The third-order valence-corrected chi connectivity index (χ3v) is 8.12. The Morgan fingerprint density at radius 2 is 1.81 bits per heavy atom. The minimum absolute atomic E-state index is 0.0249. The molecule has 5 aromatic rings. The summed E-state index contributed by atoms with van der Waals surface area (Å²) in [5, 5.41) is 1.13. The third-order valence-electron chi connectivity index (χ3n) is 6.88. The number of amides is 2. The lowest BCUT2D eigenvalue weighted by molar-refractivity contribution is -0.121. The van der Waals surface area contributed by atoms with E-state index in [1.807, 2.05) is 19.1 Å². The maximum Gasteiger partial charge on any atom is 0.297 e. The van der Waals surface area contributed by atoms with Gasteiger partial charge in [-0.3, -0.25) is 19.3 Å². The Morgan fingerprint density at radius 3 is 2.64 bits per heavy atom. The van der Waals surface area contributed by atoms with Crippen LogP contribution in [-0.2, 0) is 10.3 Å². The molecule has 2 aliphatic rings. The molecule has 0 aliphatic carbocycles. The third kappa shape index (κ3) is 2.47. The quantitative estimate of drug-likeness (QED) is 0.319. The lowest BCUT2D eigenvalue weighted by Gasteiger charge is -2.32. The van der Waals surface area contributed by atoms with E-state index in [0.29, 0.717) is 33.7 Å². The normalized spacial score (nSPS) is 18.6. The molecule has 2 amide bonds. The molecule has 0 saturated heterocycles. The molecule has 2 aromatic heterocycles. The number of carbonyl (C=O) groups excluding carboxylic acids is 2. The van der Waals surface area contributed by atoms with Crippen molar-refractivity contribution >= 4 is 66.8 Å². The molecule has 2 aliphatic heterocycles. The standard InChI is InChI=1S/C27H16ClN3O4S/c1-2-30-18-9-5-4-8-16(18)27(25(30)34)21-22(32)15-7-3-6-10-19(15)35-23(21)24(33)31(27)26-29-17-12-11-14(28)13-20(17)36-26/h3-13H,2H2,1H3. The Labute approximate surface area is 213 Å². The van der Waals surface area contributed by atoms with Crippen LogP contribution < -0.4 is 15.2 Å². The number of carbonyl (C=O) groups is 2. The second-order valence-corrected chi connectivity index (χ2v) is 10.1. The first-order valence-corrected chi connectivity index (χ1v) is 12.5. The Hall–Kier alpha value is -4.01. The summed E-state index contributed by atoms with van der Waals surface area (Å²) >= 11 is 7.43. The molecule has 3 aromatic carbocycles. The average Bonchev–Trinajstić information content (AvgIpc) is 3.49. The van der Waals surface area contributed by atoms with E-state index in [9.17, 15) is 14.4 Å². The Balaban J connectivity index is 1.64. The number of hydrogen-bond donors (Lipinski definition) is 0. The van der Waals surface area contributed by atoms with Crippen molar-refractivity contribution in [2.75, 3.05) is 16.3 Å². The van der Waals surface area contributed by atoms with Crippen LogP contribution in [0.15, 0.2) is 75.9 Å². The fourth-order valence-electron chi connectivity index (χ4n) is 5.41. The van der Waals surface area contributed by atoms with Gasteiger partial charge in [-0.25, -0.2) is 4.98 Å². The van der Waals surface area contributed by atoms with Crippen LogP contribution in [-0.4, -0.2) is 23.3 Å². The highest BCUT2D eigenvalue weighted by Gasteiger charge is 2.66. The molecular formula is C27H16ClN3O4S. The summed E-state index contributed by atoms with van der Waals surface area (Å²) in [5.74, 6) is -1.12. The van der Waals surface area contributed by atoms with Gasteiger partial charge < -0.3 is 9.32 Å². The minimum Gasteiger partial charge on any atom is -0.450 e. The molecule has 36 heavy (non-hydrogen) atoms. The average molecular weight is 514 g/mol. The molecule has 9 heteroatoms. The van der Waals surface area contributed by atoms with Crippen molar-refractivity contribution in [2.45, 2.75) is 12.5 Å². The first-order chi connectivity index (χ1) is 17.5. The number of aromatic nitrogens is 1. The lowest BCUT2D eigenvalue weighted by Crippen LogP contribution is -2.53. The van der Waals surface area contributed by atoms with Crippen LogP contribution in [0.1, 0.15) is 28.6 Å². The van der Waals surface area contributed by atoms with E-state index >= 15 is 0 Å². The lowest BCUT2D eigenvalue weighted by atomic mass is 9.84. The molecule has 1 spiro atoms. The van der Waals surface area contributed by atoms with Gasteiger partial charge in [0.25, 0.3) is 11.8 Å². The van der Waals surface area contributed by atoms with Crippen molar-refractivity contribution in [2.24, 2.45) is 0 Å². The van der Waals surface area contributed by atoms with Crippen molar-refractivity contribution < 1.29 is 14.0 Å². The number of benzene rings is 3. The molecule has 1 atom stereocenters. The van der Waals surface area contributed by atoms with E-state index in [4.69, 9.17) is 21.0 Å². The largest absolute Gasteiger partial charge is 0.450 e. The second-order valence-electron chi connectivity index (χ2n) is 8.66. The summed E-state index contributed by atoms with van der Waals surface area (Å²) in [6, 6.07) is 19.2. The van der Waals surface area contributed by atoms with Crippen LogP contribution in [0.3, 0.4) is 0 Å². The predicted octanol–water partition coefficient (Wildman–Crippen LogP) is 5.33. The fraction of sp³-hybridized carbons (Fsp3) is 0.111. The van der Waals surface area contributed by atoms with E-state index in [-0.39, 0.29) is 22.0 Å². The van der Waals surface area contributed by atoms with Crippen LogP contribution in [0.25, 0.3) is 21.2 Å². The van der Waals surface area contributed by atoms with Gasteiger partial charge >= 0.3 is 0 Å². The molecule has 0 radical (unpaired) electrons. The van der Waals surface area contributed by atoms with E-state index < -0.39 is 22.8 Å². The monoisotopic (exact) mass is 513 g/mol. The van der Waals surface area contributed by atoms with E-state index in [1.54, 1.807) is 59.5 Å². The number of anilines is 2. The highest BCUT2D eigenvalue weighted by Crippen LogP contribution is 2.54. The Morgan fingerprint density at radius 1 is 1.03 bits per heavy atom. The van der Waals surface area contributed by atoms with Crippen LogP contribution in [0.4, 0.5) is 10.8 Å². The SMILES string of the molecule is CCN1C(=O)C2(c3ccccc31)c1c(oc3ccccc3c1=O)C(=O)N2c1nc2ccc(Cl)cc2s1. The number of hydrogen-bond acceptors (Lipinski definition) is 6. The van der Waals surface area contributed by atoms with E-state index in [2.05, 4.69) is 0 Å². The summed E-state index contributed by atoms with van der Waals surface area (Å²) in [6.07, 6.45) is 0. The topological polar surface area (TPSA) is 83.7 Å². The zero-order chi connectivity index (χ0) is 24.8. The number of rotatable bonds is 2. The van der Waals surface area contributed by atoms with Crippen molar-refractivity contribution in [1.29, 1.82) is 0 Å². The first kappa shape index (κ1) is 21.3. The van der Waals surface area contributed by atoms with E-state index in [1.165, 1.54) is 16.2 Å². The minimum atomic E-state index is -1.73. The molecule has 4 heterocycles. The van der Waals surface area contributed by atoms with Crippen LogP contribution in [0.2, 0.25) is 5.02 Å². The zero-order valence-corrected chi connectivity index (χ0v) is 20.4. The Bertz CT molecular complexity index is 1840. The summed E-state index contributed by atoms with van der Waals surface area (Å²) in [6.45, 7) is 2.22. The summed E-state index contributed by atoms with van der Waals surface area (Å²) < 4.78 is 6.81. The summed E-state index contributed by atoms with van der Waals surface area (Å²) in [7, 11) is 0. The number of thiazole rings is 1. The molecule has 176 valence electrons. The van der Waals surface area contributed by atoms with Crippen molar-refractivity contribution in [3.8, 4) is 0 Å². The van der Waals surface area contributed by atoms with Gasteiger partial charge in [-0.2, -0.15) is 0 Å². The van der Waals surface area contributed by atoms with Crippen molar-refractivity contribution in [1.82, 2.24) is 4.98 Å². The maximum atomic E-state index is 14.4. The maximum absolute atomic E-state index is 14.4. The molecule has 0 N–H and O–H groups in total. The second kappa shape index (κ2) is 7.25. The molecule has 7 nitrogen and oxygen atoms in total. The molecule has 7 rings (SSSR count). The van der Waals surface area contributed by atoms with Gasteiger partial charge in [0, 0.05) is 17.1 Å². The number of fused-ring (bicyclic) bond motifs is 6. The number of halogens is 1. The Kier molecular flexibility index (Phi) is 4.29. The van der Waals surface area contributed by atoms with E-state index in [0.717, 1.165) is 4.70 Å². The molecular weight excluding hydrogens is 498 g/mol. The fourth-order valence-corrected chi connectivity index (χ4v) is 6.70. The van der Waals surface area contributed by atoms with Gasteiger partial charge in [-0.05, 0) is 43.3 Å². The van der Waals surface area contributed by atoms with Gasteiger partial charge in [0.15, 0.2) is 16.1 Å². The van der Waals surface area contributed by atoms with Gasteiger partial charge in [0.05, 0.1) is 26.9 Å². The number of para-hydroxylation sites is 2. The van der Waals surface area contributed by atoms with Gasteiger partial charge in [0.2, 0.25) is 5.76 Å². The molecule has 0 fully saturated rings. The smallest absolute Gasteiger partial charge is 0.297 e. The van der Waals surface area contributed by atoms with Crippen molar-refractivity contribution in [3.63, 3.8) is 0 Å². The van der Waals surface area contributed by atoms with Gasteiger partial charge in [-0.1, -0.05) is 53.3 Å². The summed E-state index contributed by atoms with van der Waals surface area (Å²) in [5.41, 5.74) is -0.00924. The first-order valence-electron chi connectivity index (χ1n) is 11.3. The molecule has 0 saturated carbocycles. The molecule has 0 bridgehead atoms. The van der Waals surface area contributed by atoms with Gasteiger partial charge in [-0.15, -0.1) is 0 Å². The van der Waals surface area contributed by atoms with Crippen LogP contribution >= 0.6 is 22.9 Å². The number of likely N-dealkylation sites (N-methyl/N-ethyl adjacent to an activating group) is 1. The molecule has 1 unspecified atom stereocenters. The number of nitrogens with zero attached hydrogens (tertiary/aromatic N) is 3. The van der Waals surface area contributed by atoms with Crippen LogP contribution in [0.5, 0.6) is 0 Å². The zero-order valence-electron chi connectivity index (χ0n) is 18.8. The predicted molar refractivity (Wildman–Crippen MR) is 139 cm³/mol. The highest BCUT2D eigenvalue weighted by atomic mass is 35.5. The highest BCUT2D eigenvalue weighted by molar-refractivity contribution is 7.22. The van der Waals surface area contributed by atoms with Crippen molar-refractivity contribution in [3.05, 3.63) is 98.9 Å². The van der Waals surface area contributed by atoms with Crippen LogP contribution in [0, 0.1) is 0 Å². The van der Waals surface area contributed by atoms with Gasteiger partial charge in [0.1, 0.15) is 5.58 Å². The summed E-state index contributed by atoms with van der Waals surface area (Å²) in [4.78, 5) is 50.2.